The normalized spacial score (nSPS) is 14.0. The number of carbonyl (C=O) groups excluding carboxylic acids is 2. The van der Waals surface area contributed by atoms with Gasteiger partial charge in [-0.2, -0.15) is 0 Å². The first-order chi connectivity index (χ1) is 29.5. The summed E-state index contributed by atoms with van der Waals surface area (Å²) in [5, 5.41) is 23.7. The molecule has 0 aromatic heterocycles. The zero-order chi connectivity index (χ0) is 43.8. The summed E-state index contributed by atoms with van der Waals surface area (Å²) in [7, 11) is 0. The first-order valence-electron chi connectivity index (χ1n) is 24.9. The number of carbonyl (C=O) groups is 2. The van der Waals surface area contributed by atoms with Crippen LogP contribution in [0.3, 0.4) is 0 Å². The van der Waals surface area contributed by atoms with Crippen LogP contribution in [0.1, 0.15) is 220 Å². The minimum atomic E-state index is -0.806. The van der Waals surface area contributed by atoms with E-state index in [1.807, 2.05) is 18.2 Å². The van der Waals surface area contributed by atoms with Gasteiger partial charge in [-0.15, -0.1) is 0 Å². The van der Waals surface area contributed by atoms with Crippen LogP contribution in [0.25, 0.3) is 0 Å². The smallest absolute Gasteiger partial charge is 0.306 e. The van der Waals surface area contributed by atoms with Crippen LogP contribution in [-0.4, -0.2) is 46.9 Å². The van der Waals surface area contributed by atoms with Gasteiger partial charge in [0, 0.05) is 6.42 Å². The topological polar surface area (TPSA) is 95.9 Å². The van der Waals surface area contributed by atoms with Gasteiger partial charge in [0.25, 0.3) is 0 Å². The van der Waals surface area contributed by atoms with Crippen LogP contribution in [0, 0.1) is 0 Å². The second kappa shape index (κ2) is 47.1. The summed E-state index contributed by atoms with van der Waals surface area (Å²) < 4.78 is 5.89. The van der Waals surface area contributed by atoms with Gasteiger partial charge >= 0.3 is 5.97 Å². The highest BCUT2D eigenvalue weighted by atomic mass is 16.5. The van der Waals surface area contributed by atoms with E-state index in [4.69, 9.17) is 4.74 Å². The second-order valence-corrected chi connectivity index (χ2v) is 16.5. The predicted octanol–water partition coefficient (Wildman–Crippen LogP) is 14.8. The molecule has 0 aliphatic heterocycles. The summed E-state index contributed by atoms with van der Waals surface area (Å²) in [4.78, 5) is 26.1. The molecule has 0 rings (SSSR count). The fourth-order valence-electron chi connectivity index (χ4n) is 7.10. The van der Waals surface area contributed by atoms with Crippen molar-refractivity contribution in [1.82, 2.24) is 5.32 Å². The molecule has 6 nitrogen and oxygen atoms in total. The van der Waals surface area contributed by atoms with Crippen LogP contribution < -0.4 is 5.32 Å². The third-order valence-corrected chi connectivity index (χ3v) is 10.8. The molecule has 0 saturated carbocycles. The zero-order valence-corrected chi connectivity index (χ0v) is 39.1. The van der Waals surface area contributed by atoms with Gasteiger partial charge in [0.15, 0.2) is 0 Å². The average Bonchev–Trinajstić information content (AvgIpc) is 3.24. The van der Waals surface area contributed by atoms with Crippen molar-refractivity contribution in [3.8, 4) is 0 Å². The Morgan fingerprint density at radius 3 is 1.58 bits per heavy atom. The first-order valence-corrected chi connectivity index (χ1v) is 24.9. The number of hydrogen-bond acceptors (Lipinski definition) is 5. The molecular weight excluding hydrogens is 743 g/mol. The molecule has 0 spiro atoms. The SMILES string of the molecule is CC/C=C/C=C/C=C/C=C\CCCCCCCC(=O)OC(CCCC/C=C/C/C=C/C/C=C/CC)CC(=O)NC(CO)C(O)CCCCCCCCCCCCCCCC. The molecule has 0 heterocycles. The molecule has 3 atom stereocenters. The van der Waals surface area contributed by atoms with Crippen LogP contribution >= 0.6 is 0 Å². The molecule has 0 saturated heterocycles. The number of ether oxygens (including phenoxy) is 1. The van der Waals surface area contributed by atoms with E-state index in [9.17, 15) is 19.8 Å². The molecule has 0 aromatic carbocycles. The molecule has 0 aliphatic rings. The number of aliphatic hydroxyl groups excluding tert-OH is 2. The highest BCUT2D eigenvalue weighted by Gasteiger charge is 2.24. The maximum Gasteiger partial charge on any atom is 0.306 e. The van der Waals surface area contributed by atoms with Gasteiger partial charge in [0.05, 0.1) is 25.2 Å². The molecule has 0 fully saturated rings. The van der Waals surface area contributed by atoms with Crippen LogP contribution in [-0.2, 0) is 14.3 Å². The van der Waals surface area contributed by atoms with Crippen molar-refractivity contribution in [2.75, 3.05) is 6.61 Å². The molecular formula is C54H93NO5. The Labute approximate surface area is 370 Å². The lowest BCUT2D eigenvalue weighted by Gasteiger charge is -2.24. The monoisotopic (exact) mass is 836 g/mol. The molecule has 3 N–H and O–H groups in total. The van der Waals surface area contributed by atoms with E-state index in [2.05, 4.69) is 92.9 Å². The second-order valence-electron chi connectivity index (χ2n) is 16.5. The minimum Gasteiger partial charge on any atom is -0.462 e. The van der Waals surface area contributed by atoms with Crippen LogP contribution in [0.15, 0.2) is 85.1 Å². The number of esters is 1. The van der Waals surface area contributed by atoms with Crippen LogP contribution in [0.4, 0.5) is 0 Å². The molecule has 344 valence electrons. The summed E-state index contributed by atoms with van der Waals surface area (Å²) in [5.41, 5.74) is 0. The Morgan fingerprint density at radius 1 is 0.517 bits per heavy atom. The van der Waals surface area contributed by atoms with Crippen LogP contribution in [0.5, 0.6) is 0 Å². The van der Waals surface area contributed by atoms with Crippen molar-refractivity contribution in [2.45, 2.75) is 238 Å². The summed E-state index contributed by atoms with van der Waals surface area (Å²) in [6.07, 6.45) is 60.7. The Bertz CT molecular complexity index is 1160. The van der Waals surface area contributed by atoms with E-state index in [-0.39, 0.29) is 24.9 Å². The molecule has 0 aliphatic carbocycles. The third-order valence-electron chi connectivity index (χ3n) is 10.8. The molecule has 3 unspecified atom stereocenters. The minimum absolute atomic E-state index is 0.0375. The number of hydrogen-bond donors (Lipinski definition) is 3. The maximum absolute atomic E-state index is 13.2. The number of unbranched alkanes of at least 4 members (excludes halogenated alkanes) is 20. The average molecular weight is 836 g/mol. The third kappa shape index (κ3) is 41.8. The highest BCUT2D eigenvalue weighted by Crippen LogP contribution is 2.17. The van der Waals surface area contributed by atoms with E-state index >= 15 is 0 Å². The quantitative estimate of drug-likeness (QED) is 0.0246. The zero-order valence-electron chi connectivity index (χ0n) is 39.1. The summed E-state index contributed by atoms with van der Waals surface area (Å²) in [5.74, 6) is -0.545. The fraction of sp³-hybridized carbons (Fsp3) is 0.704. The standard InChI is InChI=1S/C54H93NO5/c1-4-7-10-13-16-19-22-25-27-29-32-35-38-41-44-47-54(59)60-50(45-42-39-36-33-30-24-21-18-15-12-9-6-3)48-53(58)55-51(49-56)52(57)46-43-40-37-34-31-28-26-23-20-17-14-11-8-5-2/h7,9-10,12-13,16,18-19,21-22,25,27,30,33,50-52,56-57H,4-6,8,11,14-15,17,20,23-24,26,28-29,31-32,34-49H2,1-3H3,(H,55,58)/b10-7+,12-9+,16-13+,21-18+,22-19+,27-25-,33-30+. The summed E-state index contributed by atoms with van der Waals surface area (Å²) in [6.45, 7) is 6.21. The van der Waals surface area contributed by atoms with Gasteiger partial charge in [-0.3, -0.25) is 9.59 Å². The van der Waals surface area contributed by atoms with E-state index in [1.165, 1.54) is 70.6 Å². The van der Waals surface area contributed by atoms with Crippen molar-refractivity contribution in [2.24, 2.45) is 0 Å². The largest absolute Gasteiger partial charge is 0.462 e. The lowest BCUT2D eigenvalue weighted by atomic mass is 10.0. The molecule has 0 aromatic rings. The van der Waals surface area contributed by atoms with Gasteiger partial charge < -0.3 is 20.3 Å². The van der Waals surface area contributed by atoms with Crippen molar-refractivity contribution < 1.29 is 24.5 Å². The maximum atomic E-state index is 13.2. The molecule has 60 heavy (non-hydrogen) atoms. The number of rotatable bonds is 43. The van der Waals surface area contributed by atoms with E-state index < -0.39 is 18.2 Å². The predicted molar refractivity (Wildman–Crippen MR) is 259 cm³/mol. The number of aliphatic hydroxyl groups is 2. The summed E-state index contributed by atoms with van der Waals surface area (Å²) >= 11 is 0. The Balaban J connectivity index is 4.65. The van der Waals surface area contributed by atoms with Crippen molar-refractivity contribution in [3.63, 3.8) is 0 Å². The highest BCUT2D eigenvalue weighted by molar-refractivity contribution is 5.77. The van der Waals surface area contributed by atoms with Crippen molar-refractivity contribution in [1.29, 1.82) is 0 Å². The molecule has 0 bridgehead atoms. The number of amides is 1. The molecule has 6 heteroatoms. The first kappa shape index (κ1) is 57.0. The van der Waals surface area contributed by atoms with Gasteiger partial charge in [-0.25, -0.2) is 0 Å². The van der Waals surface area contributed by atoms with Crippen molar-refractivity contribution in [3.05, 3.63) is 85.1 Å². The van der Waals surface area contributed by atoms with E-state index in [0.29, 0.717) is 19.3 Å². The molecule has 0 radical (unpaired) electrons. The fourth-order valence-corrected chi connectivity index (χ4v) is 7.10. The Hall–Kier alpha value is -2.96. The van der Waals surface area contributed by atoms with E-state index in [1.54, 1.807) is 0 Å². The Morgan fingerprint density at radius 2 is 0.983 bits per heavy atom. The van der Waals surface area contributed by atoms with Crippen molar-refractivity contribution >= 4 is 11.9 Å². The Kier molecular flexibility index (Phi) is 44.8. The number of nitrogens with one attached hydrogen (secondary N) is 1. The van der Waals surface area contributed by atoms with Gasteiger partial charge in [0.1, 0.15) is 6.10 Å². The van der Waals surface area contributed by atoms with Crippen LogP contribution in [0.2, 0.25) is 0 Å². The van der Waals surface area contributed by atoms with Gasteiger partial charge in [-0.05, 0) is 77.0 Å². The number of allylic oxidation sites excluding steroid dienone is 14. The summed E-state index contributed by atoms with van der Waals surface area (Å²) in [6, 6.07) is -0.722. The van der Waals surface area contributed by atoms with E-state index in [0.717, 1.165) is 103 Å². The molecule has 1 amide bonds. The van der Waals surface area contributed by atoms with Gasteiger partial charge in [-0.1, -0.05) is 215 Å². The lowest BCUT2D eigenvalue weighted by Crippen LogP contribution is -2.46. The lowest BCUT2D eigenvalue weighted by molar-refractivity contribution is -0.151. The van der Waals surface area contributed by atoms with Gasteiger partial charge in [0.2, 0.25) is 5.91 Å².